The summed E-state index contributed by atoms with van der Waals surface area (Å²) < 4.78 is 5.70. The quantitative estimate of drug-likeness (QED) is 0.486. The third kappa shape index (κ3) is 5.89. The van der Waals surface area contributed by atoms with Crippen LogP contribution in [0.5, 0.6) is 0 Å². The van der Waals surface area contributed by atoms with E-state index >= 15 is 0 Å². The molecule has 0 spiro atoms. The lowest BCUT2D eigenvalue weighted by molar-refractivity contribution is -0.125. The molecular weight excluding hydrogens is 464 g/mol. The van der Waals surface area contributed by atoms with Gasteiger partial charge in [0.15, 0.2) is 0 Å². The Balaban J connectivity index is 1.46. The number of benzene rings is 2. The summed E-state index contributed by atoms with van der Waals surface area (Å²) in [6.07, 6.45) is 0. The molecule has 3 aromatic rings. The Bertz CT molecular complexity index is 1140. The Morgan fingerprint density at radius 1 is 1.00 bits per heavy atom. The van der Waals surface area contributed by atoms with Gasteiger partial charge >= 0.3 is 6.03 Å². The average molecular weight is 485 g/mol. The Kier molecular flexibility index (Phi) is 7.23. The minimum absolute atomic E-state index is 0.0582. The van der Waals surface area contributed by atoms with Gasteiger partial charge in [-0.25, -0.2) is 4.79 Å². The highest BCUT2D eigenvalue weighted by molar-refractivity contribution is 7.20. The van der Waals surface area contributed by atoms with Gasteiger partial charge in [0, 0.05) is 17.9 Å². The first-order valence-electron chi connectivity index (χ1n) is 10.2. The molecule has 4 amide bonds. The highest BCUT2D eigenvalue weighted by Gasteiger charge is 2.24. The second-order valence-corrected chi connectivity index (χ2v) is 8.90. The number of rotatable bonds is 6. The molecule has 33 heavy (non-hydrogen) atoms. The molecule has 8 nitrogen and oxygen atoms in total. The van der Waals surface area contributed by atoms with Gasteiger partial charge in [0.2, 0.25) is 0 Å². The molecule has 1 aliphatic heterocycles. The summed E-state index contributed by atoms with van der Waals surface area (Å²) in [6, 6.07) is 17.8. The van der Waals surface area contributed by atoms with Crippen molar-refractivity contribution in [2.45, 2.75) is 6.04 Å². The maximum atomic E-state index is 13.1. The van der Waals surface area contributed by atoms with Gasteiger partial charge in [0.05, 0.1) is 15.9 Å². The van der Waals surface area contributed by atoms with Crippen molar-refractivity contribution in [3.8, 4) is 0 Å². The fourth-order valence-electron chi connectivity index (χ4n) is 3.34. The maximum absolute atomic E-state index is 13.1. The number of morpholine rings is 1. The first kappa shape index (κ1) is 22.8. The van der Waals surface area contributed by atoms with E-state index in [0.717, 1.165) is 5.69 Å². The second-order valence-electron chi connectivity index (χ2n) is 7.18. The van der Waals surface area contributed by atoms with Crippen LogP contribution in [0.15, 0.2) is 66.7 Å². The molecule has 4 rings (SSSR count). The standard InChI is InChI=1S/C23H21ClN4O4S/c24-18-10-11-19(33-18)26-23(31)27-21(15-4-2-1-3-5-15)22(30)25-16-6-8-17(9-7-16)28-12-13-32-14-20(28)29/h1-11,21H,12-14H2,(H,25,30)(H2,26,27,31)/t21-/m1/s1. The van der Waals surface area contributed by atoms with Gasteiger partial charge in [-0.1, -0.05) is 41.9 Å². The number of nitrogens with one attached hydrogen (secondary N) is 3. The van der Waals surface area contributed by atoms with Gasteiger partial charge < -0.3 is 20.3 Å². The molecule has 1 saturated heterocycles. The predicted molar refractivity (Wildman–Crippen MR) is 129 cm³/mol. The van der Waals surface area contributed by atoms with Crippen LogP contribution in [-0.2, 0) is 14.3 Å². The van der Waals surface area contributed by atoms with Crippen molar-refractivity contribution in [3.63, 3.8) is 0 Å². The van der Waals surface area contributed by atoms with E-state index in [-0.39, 0.29) is 12.5 Å². The maximum Gasteiger partial charge on any atom is 0.320 e. The summed E-state index contributed by atoms with van der Waals surface area (Å²) in [5, 5.41) is 8.80. The van der Waals surface area contributed by atoms with E-state index in [9.17, 15) is 14.4 Å². The van der Waals surface area contributed by atoms with Crippen LogP contribution >= 0.6 is 22.9 Å². The third-order valence-electron chi connectivity index (χ3n) is 4.91. The number of nitrogens with zero attached hydrogens (tertiary/aromatic N) is 1. The number of urea groups is 1. The lowest BCUT2D eigenvalue weighted by Gasteiger charge is -2.27. The molecule has 170 valence electrons. The van der Waals surface area contributed by atoms with Gasteiger partial charge in [-0.3, -0.25) is 14.9 Å². The highest BCUT2D eigenvalue weighted by Crippen LogP contribution is 2.26. The first-order chi connectivity index (χ1) is 16.0. The number of carbonyl (C=O) groups excluding carboxylic acids is 3. The topological polar surface area (TPSA) is 99.8 Å². The largest absolute Gasteiger partial charge is 0.370 e. The van der Waals surface area contributed by atoms with E-state index in [1.54, 1.807) is 65.6 Å². The average Bonchev–Trinajstić information content (AvgIpc) is 3.23. The number of hydrogen-bond donors (Lipinski definition) is 3. The Labute approximate surface area is 199 Å². The summed E-state index contributed by atoms with van der Waals surface area (Å²) in [4.78, 5) is 39.3. The molecule has 3 N–H and O–H groups in total. The summed E-state index contributed by atoms with van der Waals surface area (Å²) >= 11 is 7.13. The second kappa shape index (κ2) is 10.5. The zero-order chi connectivity index (χ0) is 23.2. The lowest BCUT2D eigenvalue weighted by Crippen LogP contribution is -2.41. The molecule has 2 heterocycles. The van der Waals surface area contributed by atoms with Crippen LogP contribution in [0.4, 0.5) is 21.2 Å². The van der Waals surface area contributed by atoms with Crippen molar-refractivity contribution in [3.05, 3.63) is 76.6 Å². The minimum atomic E-state index is -0.929. The van der Waals surface area contributed by atoms with E-state index in [1.807, 2.05) is 6.07 Å². The fraction of sp³-hybridized carbons (Fsp3) is 0.174. The lowest BCUT2D eigenvalue weighted by atomic mass is 10.1. The number of carbonyl (C=O) groups is 3. The third-order valence-corrected chi connectivity index (χ3v) is 6.06. The minimum Gasteiger partial charge on any atom is -0.370 e. The van der Waals surface area contributed by atoms with Crippen molar-refractivity contribution in [2.75, 3.05) is 35.3 Å². The van der Waals surface area contributed by atoms with Crippen molar-refractivity contribution in [1.82, 2.24) is 5.32 Å². The van der Waals surface area contributed by atoms with Crippen LogP contribution < -0.4 is 20.9 Å². The van der Waals surface area contributed by atoms with E-state index in [4.69, 9.17) is 16.3 Å². The van der Waals surface area contributed by atoms with Crippen LogP contribution in [-0.4, -0.2) is 37.6 Å². The normalized spacial score (nSPS) is 14.5. The Hall–Kier alpha value is -3.40. The van der Waals surface area contributed by atoms with E-state index < -0.39 is 18.0 Å². The number of halogens is 1. The molecule has 1 atom stereocenters. The molecule has 0 aliphatic carbocycles. The molecule has 0 saturated carbocycles. The zero-order valence-electron chi connectivity index (χ0n) is 17.4. The van der Waals surface area contributed by atoms with Crippen LogP contribution in [0.2, 0.25) is 4.34 Å². The van der Waals surface area contributed by atoms with Gasteiger partial charge in [-0.2, -0.15) is 0 Å². The van der Waals surface area contributed by atoms with Crippen LogP contribution in [0.3, 0.4) is 0 Å². The molecule has 1 aromatic heterocycles. The van der Waals surface area contributed by atoms with E-state index in [2.05, 4.69) is 16.0 Å². The molecule has 0 radical (unpaired) electrons. The van der Waals surface area contributed by atoms with E-state index in [1.165, 1.54) is 11.3 Å². The Morgan fingerprint density at radius 3 is 2.42 bits per heavy atom. The SMILES string of the molecule is O=C(Nc1ccc(Cl)s1)N[C@@H](C(=O)Nc1ccc(N2CCOCC2=O)cc1)c1ccccc1. The predicted octanol–water partition coefficient (Wildman–Crippen LogP) is 4.27. The number of thiophene rings is 1. The molecule has 10 heteroatoms. The molecule has 0 unspecified atom stereocenters. The number of anilines is 3. The smallest absolute Gasteiger partial charge is 0.320 e. The van der Waals surface area contributed by atoms with Crippen LogP contribution in [0, 0.1) is 0 Å². The number of ether oxygens (including phenoxy) is 1. The van der Waals surface area contributed by atoms with Gasteiger partial charge in [-0.15, -0.1) is 11.3 Å². The first-order valence-corrected chi connectivity index (χ1v) is 11.4. The van der Waals surface area contributed by atoms with E-state index in [0.29, 0.717) is 33.7 Å². The number of hydrogen-bond acceptors (Lipinski definition) is 5. The summed E-state index contributed by atoms with van der Waals surface area (Å²) in [5.41, 5.74) is 1.90. The highest BCUT2D eigenvalue weighted by atomic mass is 35.5. The van der Waals surface area contributed by atoms with Crippen molar-refractivity contribution in [2.24, 2.45) is 0 Å². The van der Waals surface area contributed by atoms with Crippen LogP contribution in [0.1, 0.15) is 11.6 Å². The summed E-state index contributed by atoms with van der Waals surface area (Å²) in [7, 11) is 0. The van der Waals surface area contributed by atoms with Gasteiger partial charge in [0.25, 0.3) is 11.8 Å². The van der Waals surface area contributed by atoms with Crippen molar-refractivity contribution in [1.29, 1.82) is 0 Å². The number of amides is 4. The zero-order valence-corrected chi connectivity index (χ0v) is 19.0. The molecule has 0 bridgehead atoms. The van der Waals surface area contributed by atoms with Gasteiger partial charge in [0.1, 0.15) is 12.6 Å². The molecule has 1 aliphatic rings. The monoisotopic (exact) mass is 484 g/mol. The fourth-order valence-corrected chi connectivity index (χ4v) is 4.27. The Morgan fingerprint density at radius 2 is 1.76 bits per heavy atom. The van der Waals surface area contributed by atoms with Crippen molar-refractivity contribution >= 4 is 57.2 Å². The van der Waals surface area contributed by atoms with Crippen molar-refractivity contribution < 1.29 is 19.1 Å². The van der Waals surface area contributed by atoms with Gasteiger partial charge in [-0.05, 0) is 42.0 Å². The molecule has 2 aromatic carbocycles. The summed E-state index contributed by atoms with van der Waals surface area (Å²) in [5.74, 6) is -0.514. The summed E-state index contributed by atoms with van der Waals surface area (Å²) in [6.45, 7) is 1.02. The molecular formula is C23H21ClN4O4S. The van der Waals surface area contributed by atoms with Crippen LogP contribution in [0.25, 0.3) is 0 Å². The molecule has 1 fully saturated rings.